The molecular formula is C16H13FO4. The van der Waals surface area contributed by atoms with Gasteiger partial charge in [-0.25, -0.2) is 4.39 Å². The van der Waals surface area contributed by atoms with E-state index in [0.717, 1.165) is 6.07 Å². The molecule has 1 aliphatic carbocycles. The van der Waals surface area contributed by atoms with E-state index in [2.05, 4.69) is 0 Å². The maximum Gasteiger partial charge on any atom is 0.201 e. The Bertz CT molecular complexity index is 696. The number of benzene rings is 1. The summed E-state index contributed by atoms with van der Waals surface area (Å²) in [6.45, 7) is 0. The van der Waals surface area contributed by atoms with Crippen molar-refractivity contribution in [3.05, 3.63) is 65.6 Å². The molecule has 0 spiro atoms. The van der Waals surface area contributed by atoms with E-state index in [9.17, 15) is 24.5 Å². The molecule has 2 rings (SSSR count). The van der Waals surface area contributed by atoms with Crippen LogP contribution in [0.3, 0.4) is 0 Å². The van der Waals surface area contributed by atoms with Crippen molar-refractivity contribution in [3.8, 4) is 17.2 Å². The summed E-state index contributed by atoms with van der Waals surface area (Å²) in [5.74, 6) is -2.85. The first kappa shape index (κ1) is 14.6. The second kappa shape index (κ2) is 6.09. The predicted octanol–water partition coefficient (Wildman–Crippen LogP) is 3.28. The van der Waals surface area contributed by atoms with Gasteiger partial charge in [-0.2, -0.15) is 0 Å². The summed E-state index contributed by atoms with van der Waals surface area (Å²) >= 11 is 0. The number of phenolic OH excluding ortho intramolecular Hbond substituents is 3. The van der Waals surface area contributed by atoms with Crippen molar-refractivity contribution in [1.29, 1.82) is 0 Å². The van der Waals surface area contributed by atoms with Gasteiger partial charge in [-0.3, -0.25) is 4.79 Å². The van der Waals surface area contributed by atoms with Gasteiger partial charge in [0.2, 0.25) is 5.75 Å². The maximum atomic E-state index is 13.3. The van der Waals surface area contributed by atoms with E-state index in [1.165, 1.54) is 24.3 Å². The van der Waals surface area contributed by atoms with Crippen LogP contribution in [0.4, 0.5) is 4.39 Å². The molecule has 0 aromatic heterocycles. The number of allylic oxidation sites excluding steroid dienone is 8. The Kier molecular flexibility index (Phi) is 4.23. The van der Waals surface area contributed by atoms with E-state index < -0.39 is 23.0 Å². The minimum Gasteiger partial charge on any atom is -0.504 e. The summed E-state index contributed by atoms with van der Waals surface area (Å²) < 4.78 is 13.3. The molecule has 0 bridgehead atoms. The molecule has 0 radical (unpaired) electrons. The van der Waals surface area contributed by atoms with Gasteiger partial charge in [-0.05, 0) is 29.9 Å². The molecule has 0 fully saturated rings. The molecule has 0 saturated carbocycles. The van der Waals surface area contributed by atoms with Gasteiger partial charge >= 0.3 is 0 Å². The minimum absolute atomic E-state index is 0.0730. The zero-order chi connectivity index (χ0) is 15.4. The van der Waals surface area contributed by atoms with Crippen LogP contribution in [0.1, 0.15) is 16.8 Å². The largest absolute Gasteiger partial charge is 0.504 e. The summed E-state index contributed by atoms with van der Waals surface area (Å²) in [5, 5.41) is 28.2. The highest BCUT2D eigenvalue weighted by atomic mass is 19.1. The molecule has 0 saturated heterocycles. The number of halogens is 1. The number of aromatic hydroxyl groups is 3. The van der Waals surface area contributed by atoms with E-state index in [0.29, 0.717) is 5.57 Å². The topological polar surface area (TPSA) is 77.8 Å². The van der Waals surface area contributed by atoms with Crippen molar-refractivity contribution in [2.24, 2.45) is 0 Å². The lowest BCUT2D eigenvalue weighted by atomic mass is 10.1. The lowest BCUT2D eigenvalue weighted by molar-refractivity contribution is 0.104. The van der Waals surface area contributed by atoms with Gasteiger partial charge in [0.1, 0.15) is 5.83 Å². The van der Waals surface area contributed by atoms with Gasteiger partial charge in [0.05, 0.1) is 5.56 Å². The molecular weight excluding hydrogens is 275 g/mol. The number of carbonyl (C=O) groups is 1. The van der Waals surface area contributed by atoms with E-state index in [1.54, 1.807) is 18.2 Å². The zero-order valence-corrected chi connectivity index (χ0v) is 11.0. The molecule has 0 heterocycles. The second-order valence-electron chi connectivity index (χ2n) is 4.44. The van der Waals surface area contributed by atoms with Crippen molar-refractivity contribution in [3.63, 3.8) is 0 Å². The summed E-state index contributed by atoms with van der Waals surface area (Å²) in [6, 6.07) is 2.30. The summed E-state index contributed by atoms with van der Waals surface area (Å²) in [7, 11) is 0. The smallest absolute Gasteiger partial charge is 0.201 e. The van der Waals surface area contributed by atoms with Crippen LogP contribution in [-0.2, 0) is 0 Å². The Morgan fingerprint density at radius 3 is 2.57 bits per heavy atom. The zero-order valence-electron chi connectivity index (χ0n) is 11.0. The average Bonchev–Trinajstić information content (AvgIpc) is 2.66. The number of ketones is 1. The molecule has 0 amide bonds. The quantitative estimate of drug-likeness (QED) is 0.453. The number of rotatable bonds is 3. The third-order valence-corrected chi connectivity index (χ3v) is 2.92. The Morgan fingerprint density at radius 2 is 1.81 bits per heavy atom. The van der Waals surface area contributed by atoms with Crippen LogP contribution in [0.2, 0.25) is 0 Å². The molecule has 21 heavy (non-hydrogen) atoms. The van der Waals surface area contributed by atoms with Crippen LogP contribution >= 0.6 is 0 Å². The van der Waals surface area contributed by atoms with E-state index in [1.807, 2.05) is 0 Å². The van der Waals surface area contributed by atoms with Crippen molar-refractivity contribution in [1.82, 2.24) is 0 Å². The fraction of sp³-hybridized carbons (Fsp3) is 0.0625. The van der Waals surface area contributed by atoms with Crippen LogP contribution < -0.4 is 0 Å². The number of phenols is 3. The normalized spacial score (nSPS) is 14.7. The maximum absolute atomic E-state index is 13.3. The van der Waals surface area contributed by atoms with Gasteiger partial charge in [0.25, 0.3) is 0 Å². The van der Waals surface area contributed by atoms with Crippen molar-refractivity contribution in [2.45, 2.75) is 6.42 Å². The van der Waals surface area contributed by atoms with Gasteiger partial charge in [-0.1, -0.05) is 24.3 Å². The second-order valence-corrected chi connectivity index (χ2v) is 4.44. The molecule has 0 unspecified atom stereocenters. The average molecular weight is 288 g/mol. The lowest BCUT2D eigenvalue weighted by Crippen LogP contribution is -1.95. The molecule has 5 heteroatoms. The van der Waals surface area contributed by atoms with Gasteiger partial charge in [0.15, 0.2) is 17.3 Å². The first-order chi connectivity index (χ1) is 9.99. The molecule has 1 aromatic rings. The van der Waals surface area contributed by atoms with Crippen molar-refractivity contribution in [2.75, 3.05) is 0 Å². The SMILES string of the molecule is O=C(/C=C/C1=CC=CC=C(F)C1)c1ccc(O)c(O)c1O. The van der Waals surface area contributed by atoms with Crippen molar-refractivity contribution >= 4 is 5.78 Å². The Hall–Kier alpha value is -2.82. The highest BCUT2D eigenvalue weighted by Crippen LogP contribution is 2.37. The van der Waals surface area contributed by atoms with Crippen LogP contribution in [0.25, 0.3) is 0 Å². The minimum atomic E-state index is -0.750. The first-order valence-electron chi connectivity index (χ1n) is 6.17. The summed E-state index contributed by atoms with van der Waals surface area (Å²) in [5.41, 5.74) is 0.440. The van der Waals surface area contributed by atoms with E-state index in [4.69, 9.17) is 0 Å². The Balaban J connectivity index is 2.21. The van der Waals surface area contributed by atoms with E-state index >= 15 is 0 Å². The fourth-order valence-corrected chi connectivity index (χ4v) is 1.81. The van der Waals surface area contributed by atoms with Gasteiger partial charge < -0.3 is 15.3 Å². The fourth-order valence-electron chi connectivity index (χ4n) is 1.81. The first-order valence-corrected chi connectivity index (χ1v) is 6.17. The summed E-state index contributed by atoms with van der Waals surface area (Å²) in [6.07, 6.45) is 8.90. The molecule has 0 aliphatic heterocycles. The number of hydrogen-bond donors (Lipinski definition) is 3. The standard InChI is InChI=1S/C16H13FO4/c17-11-4-2-1-3-10(9-11)5-7-13(18)12-6-8-14(19)16(21)15(12)20/h1-8,19-21H,9H2/b7-5+. The Morgan fingerprint density at radius 1 is 1.10 bits per heavy atom. The highest BCUT2D eigenvalue weighted by Gasteiger charge is 2.15. The van der Waals surface area contributed by atoms with Crippen LogP contribution in [0.15, 0.2) is 60.0 Å². The predicted molar refractivity (Wildman–Crippen MR) is 75.9 cm³/mol. The van der Waals surface area contributed by atoms with Gasteiger partial charge in [-0.15, -0.1) is 0 Å². The van der Waals surface area contributed by atoms with Crippen LogP contribution in [-0.4, -0.2) is 21.1 Å². The number of carbonyl (C=O) groups excluding carboxylic acids is 1. The highest BCUT2D eigenvalue weighted by molar-refractivity contribution is 6.07. The lowest BCUT2D eigenvalue weighted by Gasteiger charge is -2.04. The molecule has 1 aliphatic rings. The van der Waals surface area contributed by atoms with Gasteiger partial charge in [0, 0.05) is 6.42 Å². The molecule has 3 N–H and O–H groups in total. The number of hydrogen-bond acceptors (Lipinski definition) is 4. The molecule has 1 aromatic carbocycles. The van der Waals surface area contributed by atoms with Crippen molar-refractivity contribution < 1.29 is 24.5 Å². The van der Waals surface area contributed by atoms with E-state index in [-0.39, 0.29) is 17.8 Å². The molecule has 0 atom stereocenters. The monoisotopic (exact) mass is 288 g/mol. The Labute approximate surface area is 120 Å². The molecule has 4 nitrogen and oxygen atoms in total. The third kappa shape index (κ3) is 3.39. The van der Waals surface area contributed by atoms with Crippen LogP contribution in [0.5, 0.6) is 17.2 Å². The molecule has 108 valence electrons. The third-order valence-electron chi connectivity index (χ3n) is 2.92. The summed E-state index contributed by atoms with van der Waals surface area (Å²) in [4.78, 5) is 11.9. The van der Waals surface area contributed by atoms with Crippen LogP contribution in [0, 0.1) is 0 Å².